The number of alkyl halides is 1. The van der Waals surface area contributed by atoms with Crippen LogP contribution >= 0.6 is 15.9 Å². The first-order valence-electron chi connectivity index (χ1n) is 5.68. The van der Waals surface area contributed by atoms with Gasteiger partial charge in [-0.3, -0.25) is 4.79 Å². The molecule has 2 unspecified atom stereocenters. The van der Waals surface area contributed by atoms with Crippen molar-refractivity contribution in [3.8, 4) is 0 Å². The van der Waals surface area contributed by atoms with E-state index in [1.54, 1.807) is 0 Å². The minimum absolute atomic E-state index is 0.0587. The van der Waals surface area contributed by atoms with Gasteiger partial charge in [0.05, 0.1) is 4.83 Å². The van der Waals surface area contributed by atoms with Gasteiger partial charge in [-0.15, -0.1) is 0 Å². The molecule has 0 spiro atoms. The average molecular weight is 274 g/mol. The van der Waals surface area contributed by atoms with E-state index < -0.39 is 0 Å². The Hall–Kier alpha value is -0.310. The maximum absolute atomic E-state index is 11.7. The molecule has 0 aromatic rings. The van der Waals surface area contributed by atoms with Crippen LogP contribution in [0.3, 0.4) is 0 Å². The first kappa shape index (κ1) is 12.8. The molecule has 1 amide bonds. The van der Waals surface area contributed by atoms with Crippen LogP contribution in [0.2, 0.25) is 0 Å². The van der Waals surface area contributed by atoms with Crippen molar-refractivity contribution in [1.29, 1.82) is 0 Å². The molecule has 1 N–H and O–H groups in total. The number of hydrogen-bond acceptors (Lipinski definition) is 1. The third-order valence-corrected chi connectivity index (χ3v) is 4.25. The number of hydrogen-bond donors (Lipinski definition) is 1. The van der Waals surface area contributed by atoms with Crippen LogP contribution in [0.15, 0.2) is 12.2 Å². The van der Waals surface area contributed by atoms with Crippen LogP contribution in [0.5, 0.6) is 0 Å². The minimum atomic E-state index is -0.0587. The normalized spacial score (nSPS) is 22.8. The van der Waals surface area contributed by atoms with Crippen LogP contribution in [-0.2, 0) is 4.79 Å². The number of rotatable bonds is 4. The van der Waals surface area contributed by atoms with Gasteiger partial charge in [0, 0.05) is 6.54 Å². The van der Waals surface area contributed by atoms with E-state index in [-0.39, 0.29) is 10.7 Å². The van der Waals surface area contributed by atoms with E-state index in [0.29, 0.717) is 11.8 Å². The lowest BCUT2D eigenvalue weighted by Gasteiger charge is -2.20. The second-order valence-electron chi connectivity index (χ2n) is 4.54. The van der Waals surface area contributed by atoms with E-state index in [1.807, 2.05) is 13.8 Å². The van der Waals surface area contributed by atoms with E-state index >= 15 is 0 Å². The fourth-order valence-electron chi connectivity index (χ4n) is 1.69. The molecule has 2 atom stereocenters. The Morgan fingerprint density at radius 2 is 2.27 bits per heavy atom. The summed E-state index contributed by atoms with van der Waals surface area (Å²) in [6.45, 7) is 4.91. The zero-order valence-corrected chi connectivity index (χ0v) is 11.1. The van der Waals surface area contributed by atoms with Crippen molar-refractivity contribution in [3.63, 3.8) is 0 Å². The molecule has 1 rings (SSSR count). The van der Waals surface area contributed by atoms with Crippen molar-refractivity contribution in [3.05, 3.63) is 12.2 Å². The third kappa shape index (κ3) is 4.37. The van der Waals surface area contributed by atoms with E-state index in [0.717, 1.165) is 19.4 Å². The fourth-order valence-corrected chi connectivity index (χ4v) is 1.85. The Morgan fingerprint density at radius 3 is 2.80 bits per heavy atom. The van der Waals surface area contributed by atoms with Crippen molar-refractivity contribution in [1.82, 2.24) is 5.32 Å². The number of halogens is 1. The molecular formula is C12H20BrNO. The monoisotopic (exact) mass is 273 g/mol. The topological polar surface area (TPSA) is 29.1 Å². The van der Waals surface area contributed by atoms with Gasteiger partial charge in [0.25, 0.3) is 0 Å². The number of carbonyl (C=O) groups is 1. The molecule has 0 aromatic carbocycles. The summed E-state index contributed by atoms with van der Waals surface area (Å²) in [6, 6.07) is 0. The molecule has 0 heterocycles. The van der Waals surface area contributed by atoms with Crippen molar-refractivity contribution in [2.75, 3.05) is 6.54 Å². The zero-order chi connectivity index (χ0) is 11.3. The van der Waals surface area contributed by atoms with E-state index in [4.69, 9.17) is 0 Å². The number of nitrogens with one attached hydrogen (secondary N) is 1. The summed E-state index contributed by atoms with van der Waals surface area (Å²) >= 11 is 3.41. The van der Waals surface area contributed by atoms with Crippen LogP contribution in [0.1, 0.15) is 33.1 Å². The molecule has 0 saturated heterocycles. The highest BCUT2D eigenvalue weighted by molar-refractivity contribution is 9.10. The van der Waals surface area contributed by atoms with Crippen LogP contribution < -0.4 is 5.32 Å². The van der Waals surface area contributed by atoms with Crippen LogP contribution in [0.4, 0.5) is 0 Å². The number of allylic oxidation sites excluding steroid dienone is 2. The molecule has 0 aliphatic heterocycles. The third-order valence-electron chi connectivity index (χ3n) is 2.78. The Labute approximate surface area is 101 Å². The Kier molecular flexibility index (Phi) is 5.37. The summed E-state index contributed by atoms with van der Waals surface area (Å²) in [6.07, 6.45) is 7.90. The van der Waals surface area contributed by atoms with Gasteiger partial charge in [-0.1, -0.05) is 41.9 Å². The quantitative estimate of drug-likeness (QED) is 0.620. The highest BCUT2D eigenvalue weighted by atomic mass is 79.9. The lowest BCUT2D eigenvalue weighted by Crippen LogP contribution is -2.37. The average Bonchev–Trinajstić information content (AvgIpc) is 2.26. The maximum Gasteiger partial charge on any atom is 0.234 e. The molecule has 2 nitrogen and oxygen atoms in total. The van der Waals surface area contributed by atoms with Gasteiger partial charge in [-0.25, -0.2) is 0 Å². The predicted molar refractivity (Wildman–Crippen MR) is 67.0 cm³/mol. The summed E-state index contributed by atoms with van der Waals surface area (Å²) in [4.78, 5) is 11.6. The molecule has 1 aliphatic rings. The lowest BCUT2D eigenvalue weighted by atomic mass is 9.94. The maximum atomic E-state index is 11.7. The molecule has 0 bridgehead atoms. The summed E-state index contributed by atoms with van der Waals surface area (Å²) in [5, 5.41) is 3.01. The molecular weight excluding hydrogens is 254 g/mol. The second-order valence-corrected chi connectivity index (χ2v) is 5.53. The summed E-state index contributed by atoms with van der Waals surface area (Å²) < 4.78 is 0. The largest absolute Gasteiger partial charge is 0.355 e. The summed E-state index contributed by atoms with van der Waals surface area (Å²) in [5.74, 6) is 1.10. The predicted octanol–water partition coefficient (Wildman–Crippen LogP) is 2.88. The highest BCUT2D eigenvalue weighted by Gasteiger charge is 2.19. The first-order chi connectivity index (χ1) is 7.11. The minimum Gasteiger partial charge on any atom is -0.355 e. The van der Waals surface area contributed by atoms with Crippen molar-refractivity contribution >= 4 is 21.8 Å². The lowest BCUT2D eigenvalue weighted by molar-refractivity contribution is -0.121. The van der Waals surface area contributed by atoms with Gasteiger partial charge >= 0.3 is 0 Å². The van der Waals surface area contributed by atoms with Crippen LogP contribution in [0, 0.1) is 11.8 Å². The molecule has 15 heavy (non-hydrogen) atoms. The van der Waals surface area contributed by atoms with E-state index in [9.17, 15) is 4.79 Å². The molecule has 86 valence electrons. The van der Waals surface area contributed by atoms with Gasteiger partial charge < -0.3 is 5.32 Å². The fraction of sp³-hybridized carbons (Fsp3) is 0.750. The second kappa shape index (κ2) is 6.31. The Bertz CT molecular complexity index is 238. The van der Waals surface area contributed by atoms with Crippen LogP contribution in [0.25, 0.3) is 0 Å². The summed E-state index contributed by atoms with van der Waals surface area (Å²) in [7, 11) is 0. The van der Waals surface area contributed by atoms with Gasteiger partial charge in [-0.05, 0) is 31.1 Å². The van der Waals surface area contributed by atoms with Crippen molar-refractivity contribution in [2.45, 2.75) is 37.9 Å². The summed E-state index contributed by atoms with van der Waals surface area (Å²) in [5.41, 5.74) is 0. The molecule has 3 heteroatoms. The van der Waals surface area contributed by atoms with Gasteiger partial charge in [0.15, 0.2) is 0 Å². The smallest absolute Gasteiger partial charge is 0.234 e. The highest BCUT2D eigenvalue weighted by Crippen LogP contribution is 2.17. The standard InChI is InChI=1S/C12H20BrNO/c1-9(2)11(13)12(15)14-8-10-6-4-3-5-7-10/h3-4,9-11H,5-8H2,1-2H3,(H,14,15). The zero-order valence-electron chi connectivity index (χ0n) is 9.50. The molecule has 0 saturated carbocycles. The van der Waals surface area contributed by atoms with E-state index in [2.05, 4.69) is 33.4 Å². The van der Waals surface area contributed by atoms with Gasteiger partial charge in [0.2, 0.25) is 5.91 Å². The Morgan fingerprint density at radius 1 is 1.53 bits per heavy atom. The molecule has 0 fully saturated rings. The van der Waals surface area contributed by atoms with Gasteiger partial charge in [-0.2, -0.15) is 0 Å². The first-order valence-corrected chi connectivity index (χ1v) is 6.59. The number of amides is 1. The van der Waals surface area contributed by atoms with Crippen LogP contribution in [-0.4, -0.2) is 17.3 Å². The van der Waals surface area contributed by atoms with Crippen molar-refractivity contribution < 1.29 is 4.79 Å². The SMILES string of the molecule is CC(C)C(Br)C(=O)NCC1CC=CCC1. The molecule has 0 aromatic heterocycles. The van der Waals surface area contributed by atoms with E-state index in [1.165, 1.54) is 6.42 Å². The van der Waals surface area contributed by atoms with Crippen molar-refractivity contribution in [2.24, 2.45) is 11.8 Å². The molecule has 1 aliphatic carbocycles. The van der Waals surface area contributed by atoms with Gasteiger partial charge in [0.1, 0.15) is 0 Å². The number of carbonyl (C=O) groups excluding carboxylic acids is 1. The molecule has 0 radical (unpaired) electrons. The Balaban J connectivity index is 2.24.